The summed E-state index contributed by atoms with van der Waals surface area (Å²) >= 11 is 3.45. The summed E-state index contributed by atoms with van der Waals surface area (Å²) in [5, 5.41) is 5.21. The van der Waals surface area contributed by atoms with Crippen LogP contribution in [0.1, 0.15) is 16.7 Å². The molecule has 0 saturated heterocycles. The molecule has 0 spiro atoms. The molecule has 5 nitrogen and oxygen atoms in total. The van der Waals surface area contributed by atoms with Gasteiger partial charge in [0, 0.05) is 33.7 Å². The molecule has 0 aliphatic rings. The maximum atomic E-state index is 12.1. The zero-order valence-corrected chi connectivity index (χ0v) is 18.7. The van der Waals surface area contributed by atoms with Crippen LogP contribution in [-0.4, -0.2) is 23.3 Å². The van der Waals surface area contributed by atoms with Crippen molar-refractivity contribution in [1.29, 1.82) is 0 Å². The van der Waals surface area contributed by atoms with E-state index in [-0.39, 0.29) is 12.5 Å². The number of fused-ring (bicyclic) bond motifs is 1. The highest BCUT2D eigenvalue weighted by molar-refractivity contribution is 9.10. The normalized spacial score (nSPS) is 11.2. The molecule has 1 N–H and O–H groups in total. The van der Waals surface area contributed by atoms with E-state index < -0.39 is 0 Å². The quantitative estimate of drug-likeness (QED) is 0.291. The highest BCUT2D eigenvalue weighted by Gasteiger charge is 2.08. The standard InChI is InChI=1S/C25H22BrN3O2/c1-18-13-21(11-12-23(18)26)31-17-25(30)28-27-14-20-16-29(15-19-7-3-2-4-8-19)24-10-6-5-9-22(20)24/h2-14,16H,15,17H2,1H3,(H,28,30)/b27-14+. The largest absolute Gasteiger partial charge is 0.484 e. The molecule has 0 radical (unpaired) electrons. The first-order valence-electron chi connectivity index (χ1n) is 9.93. The van der Waals surface area contributed by atoms with Crippen LogP contribution in [-0.2, 0) is 11.3 Å². The number of carbonyl (C=O) groups is 1. The van der Waals surface area contributed by atoms with Gasteiger partial charge in [0.05, 0.1) is 6.21 Å². The molecule has 0 aliphatic carbocycles. The van der Waals surface area contributed by atoms with E-state index in [9.17, 15) is 4.79 Å². The zero-order chi connectivity index (χ0) is 21.6. The number of hydrogen-bond donors (Lipinski definition) is 1. The Balaban J connectivity index is 1.42. The van der Waals surface area contributed by atoms with Crippen LogP contribution in [0, 0.1) is 6.92 Å². The predicted molar refractivity (Wildman–Crippen MR) is 128 cm³/mol. The van der Waals surface area contributed by atoms with Crippen LogP contribution in [0.25, 0.3) is 10.9 Å². The number of nitrogens with one attached hydrogen (secondary N) is 1. The Morgan fingerprint density at radius 3 is 2.68 bits per heavy atom. The second kappa shape index (κ2) is 9.62. The Morgan fingerprint density at radius 1 is 1.10 bits per heavy atom. The van der Waals surface area contributed by atoms with E-state index in [0.717, 1.165) is 33.0 Å². The molecule has 0 saturated carbocycles. The molecule has 0 atom stereocenters. The molecule has 6 heteroatoms. The van der Waals surface area contributed by atoms with Crippen molar-refractivity contribution in [3.63, 3.8) is 0 Å². The molecule has 31 heavy (non-hydrogen) atoms. The first-order chi connectivity index (χ1) is 15.1. The first-order valence-corrected chi connectivity index (χ1v) is 10.7. The third-order valence-corrected chi connectivity index (χ3v) is 5.80. The molecular formula is C25H22BrN3O2. The summed E-state index contributed by atoms with van der Waals surface area (Å²) in [5.41, 5.74) is 6.86. The number of aryl methyl sites for hydroxylation is 1. The Labute approximate surface area is 189 Å². The van der Waals surface area contributed by atoms with E-state index in [1.807, 2.05) is 55.5 Å². The lowest BCUT2D eigenvalue weighted by Gasteiger charge is -2.06. The average Bonchev–Trinajstić information content (AvgIpc) is 3.13. The molecule has 1 aromatic heterocycles. The van der Waals surface area contributed by atoms with Gasteiger partial charge in [-0.1, -0.05) is 64.5 Å². The minimum Gasteiger partial charge on any atom is -0.484 e. The SMILES string of the molecule is Cc1cc(OCC(=O)N/N=C/c2cn(Cc3ccccc3)c3ccccc23)ccc1Br. The second-order valence-corrected chi connectivity index (χ2v) is 8.06. The number of amides is 1. The molecule has 1 heterocycles. The number of rotatable bonds is 7. The van der Waals surface area contributed by atoms with Crippen molar-refractivity contribution >= 4 is 39.0 Å². The van der Waals surface area contributed by atoms with Gasteiger partial charge in [-0.25, -0.2) is 5.43 Å². The fourth-order valence-corrected chi connectivity index (χ4v) is 3.60. The molecule has 3 aromatic carbocycles. The number of aromatic nitrogens is 1. The van der Waals surface area contributed by atoms with Gasteiger partial charge in [0.2, 0.25) is 0 Å². The topological polar surface area (TPSA) is 55.6 Å². The Hall–Kier alpha value is -3.38. The summed E-state index contributed by atoms with van der Waals surface area (Å²) in [7, 11) is 0. The smallest absolute Gasteiger partial charge is 0.277 e. The number of halogens is 1. The third kappa shape index (κ3) is 5.22. The van der Waals surface area contributed by atoms with Crippen LogP contribution < -0.4 is 10.2 Å². The minimum absolute atomic E-state index is 0.103. The molecule has 0 bridgehead atoms. The van der Waals surface area contributed by atoms with Crippen LogP contribution in [0.2, 0.25) is 0 Å². The van der Waals surface area contributed by atoms with Crippen LogP contribution in [0.5, 0.6) is 5.75 Å². The second-order valence-electron chi connectivity index (χ2n) is 7.21. The van der Waals surface area contributed by atoms with Crippen molar-refractivity contribution in [2.75, 3.05) is 6.61 Å². The number of para-hydroxylation sites is 1. The van der Waals surface area contributed by atoms with Gasteiger partial charge in [0.15, 0.2) is 6.61 Å². The third-order valence-electron chi connectivity index (χ3n) is 4.91. The molecule has 4 aromatic rings. The van der Waals surface area contributed by atoms with E-state index in [2.05, 4.69) is 61.5 Å². The van der Waals surface area contributed by atoms with Crippen molar-refractivity contribution in [3.05, 3.63) is 100 Å². The maximum absolute atomic E-state index is 12.1. The molecule has 0 aliphatic heterocycles. The van der Waals surface area contributed by atoms with Gasteiger partial charge in [-0.2, -0.15) is 5.10 Å². The Kier molecular flexibility index (Phi) is 6.48. The Morgan fingerprint density at radius 2 is 1.87 bits per heavy atom. The number of hydrogen-bond acceptors (Lipinski definition) is 3. The van der Waals surface area contributed by atoms with Crippen LogP contribution >= 0.6 is 15.9 Å². The monoisotopic (exact) mass is 475 g/mol. The van der Waals surface area contributed by atoms with Crippen molar-refractivity contribution in [1.82, 2.24) is 9.99 Å². The van der Waals surface area contributed by atoms with E-state index in [1.165, 1.54) is 5.56 Å². The van der Waals surface area contributed by atoms with Crippen molar-refractivity contribution in [2.45, 2.75) is 13.5 Å². The highest BCUT2D eigenvalue weighted by Crippen LogP contribution is 2.22. The summed E-state index contributed by atoms with van der Waals surface area (Å²) in [6.07, 6.45) is 3.72. The van der Waals surface area contributed by atoms with Gasteiger partial charge in [-0.05, 0) is 42.3 Å². The van der Waals surface area contributed by atoms with Crippen LogP contribution in [0.4, 0.5) is 0 Å². The minimum atomic E-state index is -0.315. The van der Waals surface area contributed by atoms with Gasteiger partial charge in [0.1, 0.15) is 5.75 Å². The summed E-state index contributed by atoms with van der Waals surface area (Å²) in [4.78, 5) is 12.1. The number of hydrazone groups is 1. The zero-order valence-electron chi connectivity index (χ0n) is 17.1. The van der Waals surface area contributed by atoms with Gasteiger partial charge < -0.3 is 9.30 Å². The number of benzene rings is 3. The lowest BCUT2D eigenvalue weighted by atomic mass is 10.2. The summed E-state index contributed by atoms with van der Waals surface area (Å²) in [6, 6.07) is 24.1. The molecule has 4 rings (SSSR count). The summed E-state index contributed by atoms with van der Waals surface area (Å²) in [6.45, 7) is 2.63. The Bertz CT molecular complexity index is 1230. The van der Waals surface area contributed by atoms with Gasteiger partial charge in [-0.3, -0.25) is 4.79 Å². The van der Waals surface area contributed by atoms with Crippen molar-refractivity contribution in [2.24, 2.45) is 5.10 Å². The molecular weight excluding hydrogens is 454 g/mol. The number of carbonyl (C=O) groups excluding carboxylic acids is 1. The van der Waals surface area contributed by atoms with Gasteiger partial charge in [0.25, 0.3) is 5.91 Å². The number of nitrogens with zero attached hydrogens (tertiary/aromatic N) is 2. The molecule has 156 valence electrons. The molecule has 1 amide bonds. The van der Waals surface area contributed by atoms with Gasteiger partial charge in [-0.15, -0.1) is 0 Å². The van der Waals surface area contributed by atoms with E-state index in [0.29, 0.717) is 5.75 Å². The van der Waals surface area contributed by atoms with E-state index >= 15 is 0 Å². The predicted octanol–water partition coefficient (Wildman–Crippen LogP) is 5.29. The first kappa shape index (κ1) is 20.9. The van der Waals surface area contributed by atoms with E-state index in [1.54, 1.807) is 6.21 Å². The fraction of sp³-hybridized carbons (Fsp3) is 0.120. The number of ether oxygens (including phenoxy) is 1. The van der Waals surface area contributed by atoms with Gasteiger partial charge >= 0.3 is 0 Å². The molecule has 0 fully saturated rings. The molecule has 0 unspecified atom stereocenters. The van der Waals surface area contributed by atoms with Crippen LogP contribution in [0.15, 0.2) is 88.6 Å². The maximum Gasteiger partial charge on any atom is 0.277 e. The lowest BCUT2D eigenvalue weighted by molar-refractivity contribution is -0.123. The lowest BCUT2D eigenvalue weighted by Crippen LogP contribution is -2.24. The van der Waals surface area contributed by atoms with E-state index in [4.69, 9.17) is 4.74 Å². The fourth-order valence-electron chi connectivity index (χ4n) is 3.35. The summed E-state index contributed by atoms with van der Waals surface area (Å²) < 4.78 is 8.72. The van der Waals surface area contributed by atoms with Crippen LogP contribution in [0.3, 0.4) is 0 Å². The summed E-state index contributed by atoms with van der Waals surface area (Å²) in [5.74, 6) is 0.327. The van der Waals surface area contributed by atoms with Crippen molar-refractivity contribution in [3.8, 4) is 5.75 Å². The van der Waals surface area contributed by atoms with Crippen molar-refractivity contribution < 1.29 is 9.53 Å². The highest BCUT2D eigenvalue weighted by atomic mass is 79.9. The average molecular weight is 476 g/mol.